The Morgan fingerprint density at radius 2 is 1.95 bits per heavy atom. The van der Waals surface area contributed by atoms with Crippen molar-refractivity contribution in [2.24, 2.45) is 0 Å². The van der Waals surface area contributed by atoms with Crippen molar-refractivity contribution in [3.63, 3.8) is 0 Å². The predicted octanol–water partition coefficient (Wildman–Crippen LogP) is 4.81. The van der Waals surface area contributed by atoms with Gasteiger partial charge in [-0.1, -0.05) is 41.9 Å². The number of pyridine rings is 1. The van der Waals surface area contributed by atoms with Crippen molar-refractivity contribution in [1.29, 1.82) is 5.26 Å². The van der Waals surface area contributed by atoms with E-state index >= 15 is 0 Å². The van der Waals surface area contributed by atoms with Crippen molar-refractivity contribution in [3.05, 3.63) is 64.7 Å². The molecule has 4 heteroatoms. The van der Waals surface area contributed by atoms with Crippen LogP contribution in [0.15, 0.2) is 48.5 Å². The molecule has 1 N–H and O–H groups in total. The van der Waals surface area contributed by atoms with E-state index in [0.29, 0.717) is 16.4 Å². The van der Waals surface area contributed by atoms with Crippen LogP contribution in [-0.2, 0) is 0 Å². The molecule has 1 heterocycles. The number of anilines is 2. The molecule has 0 aliphatic heterocycles. The minimum Gasteiger partial charge on any atom is -0.338 e. The zero-order valence-electron chi connectivity index (χ0n) is 11.4. The van der Waals surface area contributed by atoms with Gasteiger partial charge in [-0.2, -0.15) is 5.26 Å². The van der Waals surface area contributed by atoms with E-state index in [1.165, 1.54) is 0 Å². The second-order valence-corrected chi connectivity index (χ2v) is 5.15. The molecule has 0 radical (unpaired) electrons. The molecule has 0 bridgehead atoms. The first-order valence-corrected chi connectivity index (χ1v) is 6.89. The Bertz CT molecular complexity index is 845. The summed E-state index contributed by atoms with van der Waals surface area (Å²) in [5.74, 6) is 0.521. The summed E-state index contributed by atoms with van der Waals surface area (Å²) in [5, 5.41) is 14.1. The first-order chi connectivity index (χ1) is 10.2. The summed E-state index contributed by atoms with van der Waals surface area (Å²) in [6.45, 7) is 1.96. The lowest BCUT2D eigenvalue weighted by Gasteiger charge is -2.12. The standard InChI is InChI=1S/C17H12ClN3/c1-11-5-4-7-14(18)16(11)21-17-13(10-19)9-12-6-2-3-8-15(12)20-17/h2-9H,1H3,(H,20,21). The van der Waals surface area contributed by atoms with Gasteiger partial charge in [0, 0.05) is 5.39 Å². The fourth-order valence-corrected chi connectivity index (χ4v) is 2.47. The Morgan fingerprint density at radius 3 is 2.71 bits per heavy atom. The van der Waals surface area contributed by atoms with Crippen molar-refractivity contribution in [1.82, 2.24) is 4.98 Å². The number of para-hydroxylation sites is 2. The number of halogens is 1. The van der Waals surface area contributed by atoms with Gasteiger partial charge in [0.25, 0.3) is 0 Å². The van der Waals surface area contributed by atoms with Crippen LogP contribution < -0.4 is 5.32 Å². The molecular weight excluding hydrogens is 282 g/mol. The van der Waals surface area contributed by atoms with Gasteiger partial charge >= 0.3 is 0 Å². The van der Waals surface area contributed by atoms with E-state index in [-0.39, 0.29) is 0 Å². The number of hydrogen-bond donors (Lipinski definition) is 1. The van der Waals surface area contributed by atoms with Crippen LogP contribution in [0.3, 0.4) is 0 Å². The Kier molecular flexibility index (Phi) is 3.47. The van der Waals surface area contributed by atoms with E-state index in [4.69, 9.17) is 11.6 Å². The van der Waals surface area contributed by atoms with Crippen LogP contribution in [0.1, 0.15) is 11.1 Å². The fraction of sp³-hybridized carbons (Fsp3) is 0.0588. The van der Waals surface area contributed by atoms with Crippen LogP contribution in [0, 0.1) is 18.3 Å². The molecule has 0 aliphatic carbocycles. The lowest BCUT2D eigenvalue weighted by atomic mass is 10.1. The van der Waals surface area contributed by atoms with Crippen LogP contribution >= 0.6 is 11.6 Å². The van der Waals surface area contributed by atoms with Gasteiger partial charge in [-0.05, 0) is 30.7 Å². The zero-order chi connectivity index (χ0) is 14.8. The number of benzene rings is 2. The lowest BCUT2D eigenvalue weighted by Crippen LogP contribution is -2.00. The summed E-state index contributed by atoms with van der Waals surface area (Å²) in [7, 11) is 0. The maximum absolute atomic E-state index is 9.33. The molecule has 3 rings (SSSR count). The summed E-state index contributed by atoms with van der Waals surface area (Å²) < 4.78 is 0. The molecule has 102 valence electrons. The van der Waals surface area contributed by atoms with Gasteiger partial charge < -0.3 is 5.32 Å². The van der Waals surface area contributed by atoms with Crippen LogP contribution in [0.4, 0.5) is 11.5 Å². The molecule has 3 aromatic rings. The van der Waals surface area contributed by atoms with Gasteiger partial charge in [-0.3, -0.25) is 0 Å². The quantitative estimate of drug-likeness (QED) is 0.737. The number of nitriles is 1. The second-order valence-electron chi connectivity index (χ2n) is 4.75. The van der Waals surface area contributed by atoms with Gasteiger partial charge in [-0.15, -0.1) is 0 Å². The maximum atomic E-state index is 9.33. The molecule has 21 heavy (non-hydrogen) atoms. The van der Waals surface area contributed by atoms with E-state index < -0.39 is 0 Å². The van der Waals surface area contributed by atoms with Crippen molar-refractivity contribution in [3.8, 4) is 6.07 Å². The summed E-state index contributed by atoms with van der Waals surface area (Å²) >= 11 is 6.22. The van der Waals surface area contributed by atoms with Gasteiger partial charge in [0.05, 0.1) is 21.8 Å². The number of fused-ring (bicyclic) bond motifs is 1. The smallest absolute Gasteiger partial charge is 0.149 e. The average Bonchev–Trinajstić information content (AvgIpc) is 2.50. The molecule has 3 nitrogen and oxygen atoms in total. The highest BCUT2D eigenvalue weighted by molar-refractivity contribution is 6.33. The van der Waals surface area contributed by atoms with E-state index in [1.54, 1.807) is 0 Å². The predicted molar refractivity (Wildman–Crippen MR) is 85.9 cm³/mol. The molecule has 0 aliphatic rings. The SMILES string of the molecule is Cc1cccc(Cl)c1Nc1nc2ccccc2cc1C#N. The average molecular weight is 294 g/mol. The van der Waals surface area contributed by atoms with E-state index in [9.17, 15) is 5.26 Å². The third-order valence-corrected chi connectivity index (χ3v) is 3.62. The topological polar surface area (TPSA) is 48.7 Å². The Labute approximate surface area is 127 Å². The molecule has 2 aromatic carbocycles. The summed E-state index contributed by atoms with van der Waals surface area (Å²) in [4.78, 5) is 4.53. The first kappa shape index (κ1) is 13.4. The number of aromatic nitrogens is 1. The van der Waals surface area contributed by atoms with Crippen LogP contribution in [0.2, 0.25) is 5.02 Å². The number of rotatable bonds is 2. The zero-order valence-corrected chi connectivity index (χ0v) is 12.1. The minimum atomic E-state index is 0.494. The van der Waals surface area contributed by atoms with E-state index in [2.05, 4.69) is 16.4 Å². The van der Waals surface area contributed by atoms with Crippen LogP contribution in [-0.4, -0.2) is 4.98 Å². The lowest BCUT2D eigenvalue weighted by molar-refractivity contribution is 1.32. The number of nitrogens with zero attached hydrogens (tertiary/aromatic N) is 2. The first-order valence-electron chi connectivity index (χ1n) is 6.51. The maximum Gasteiger partial charge on any atom is 0.149 e. The Hall–Kier alpha value is -2.57. The largest absolute Gasteiger partial charge is 0.338 e. The van der Waals surface area contributed by atoms with Crippen molar-refractivity contribution in [2.75, 3.05) is 5.32 Å². The normalized spacial score (nSPS) is 10.3. The molecule has 0 amide bonds. The number of hydrogen-bond acceptors (Lipinski definition) is 3. The summed E-state index contributed by atoms with van der Waals surface area (Å²) in [6.07, 6.45) is 0. The molecule has 0 fully saturated rings. The molecule has 0 saturated heterocycles. The third-order valence-electron chi connectivity index (χ3n) is 3.31. The fourth-order valence-electron chi connectivity index (χ4n) is 2.21. The molecular formula is C17H12ClN3. The van der Waals surface area contributed by atoms with Crippen LogP contribution in [0.25, 0.3) is 10.9 Å². The summed E-state index contributed by atoms with van der Waals surface area (Å²) in [6, 6.07) is 17.4. The van der Waals surface area contributed by atoms with Gasteiger partial charge in [-0.25, -0.2) is 4.98 Å². The van der Waals surface area contributed by atoms with E-state index in [1.807, 2.05) is 55.5 Å². The number of aryl methyl sites for hydroxylation is 1. The Morgan fingerprint density at radius 1 is 1.14 bits per heavy atom. The second kappa shape index (κ2) is 5.43. The molecule has 0 unspecified atom stereocenters. The highest BCUT2D eigenvalue weighted by Gasteiger charge is 2.10. The monoisotopic (exact) mass is 293 g/mol. The van der Waals surface area contributed by atoms with Crippen molar-refractivity contribution in [2.45, 2.75) is 6.92 Å². The molecule has 0 atom stereocenters. The molecule has 0 spiro atoms. The van der Waals surface area contributed by atoms with E-state index in [0.717, 1.165) is 22.2 Å². The van der Waals surface area contributed by atoms with Crippen molar-refractivity contribution < 1.29 is 0 Å². The van der Waals surface area contributed by atoms with Gasteiger partial charge in [0.15, 0.2) is 0 Å². The number of nitrogens with one attached hydrogen (secondary N) is 1. The summed E-state index contributed by atoms with van der Waals surface area (Å²) in [5.41, 5.74) is 3.11. The molecule has 0 saturated carbocycles. The van der Waals surface area contributed by atoms with Gasteiger partial charge in [0.1, 0.15) is 11.9 Å². The third kappa shape index (κ3) is 2.54. The highest BCUT2D eigenvalue weighted by atomic mass is 35.5. The van der Waals surface area contributed by atoms with Gasteiger partial charge in [0.2, 0.25) is 0 Å². The Balaban J connectivity index is 2.14. The minimum absolute atomic E-state index is 0.494. The van der Waals surface area contributed by atoms with Crippen LogP contribution in [0.5, 0.6) is 0 Å². The highest BCUT2D eigenvalue weighted by Crippen LogP contribution is 2.30. The molecule has 1 aromatic heterocycles. The van der Waals surface area contributed by atoms with Crippen molar-refractivity contribution >= 4 is 34.0 Å².